The lowest BCUT2D eigenvalue weighted by Gasteiger charge is -2.39. The van der Waals surface area contributed by atoms with Crippen LogP contribution in [0.25, 0.3) is 0 Å². The molecule has 0 bridgehead atoms. The first-order valence-corrected chi connectivity index (χ1v) is 59.1. The SMILES string of the molecule is CCCCCCc1ccc(N(c2ccc(CCCCCC)cc2)c2ccc(C3(c4ccc(N(c5ccc(CCCCCC)cc5)c5ccc(CCCCCC)cc5)cc4)CCCCC3)cc2)cc1.CCCCCCc1ccc(N(c2ccc(CCCCCC)cc2)c2ccc([Si](c3ccccc3)(c3ccccc3)c3ccc(N(c4ccc(CCCCCC)cc4)c4ccc(CCCCCC)cc4)cc3)cc2)cc1. The van der Waals surface area contributed by atoms with Crippen LogP contribution in [0.4, 0.5) is 68.2 Å². The summed E-state index contributed by atoms with van der Waals surface area (Å²) in [5.74, 6) is 0. The summed E-state index contributed by atoms with van der Waals surface area (Å²) in [5, 5.41) is 5.47. The van der Waals surface area contributed by atoms with Gasteiger partial charge in [0.25, 0.3) is 0 Å². The van der Waals surface area contributed by atoms with E-state index in [1.165, 1.54) is 382 Å². The van der Waals surface area contributed by atoms with Crippen molar-refractivity contribution in [3.05, 3.63) is 407 Å². The first kappa shape index (κ1) is 107. The van der Waals surface area contributed by atoms with Crippen molar-refractivity contribution in [3.63, 3.8) is 0 Å². The van der Waals surface area contributed by atoms with E-state index in [4.69, 9.17) is 0 Å². The van der Waals surface area contributed by atoms with Crippen LogP contribution in [0.1, 0.15) is 349 Å². The van der Waals surface area contributed by atoms with Crippen molar-refractivity contribution in [2.75, 3.05) is 19.6 Å². The van der Waals surface area contributed by atoms with Crippen molar-refractivity contribution in [1.29, 1.82) is 0 Å². The highest BCUT2D eigenvalue weighted by Crippen LogP contribution is 2.49. The van der Waals surface area contributed by atoms with Gasteiger partial charge in [0.15, 0.2) is 8.07 Å². The molecule has 1 fully saturated rings. The number of anilines is 12. The Kier molecular flexibility index (Phi) is 43.8. The standard InChI is InChI=1S/C72H86N2Si.C66H86N2/c1-5-9-13-19-27-59-35-43-63(44-36-59)73(64-45-37-60(38-46-64)28-20-14-10-6-2)67-51-55-71(56-52-67)75(69-31-23-17-24-32-69,70-33-25-18-26-34-70)72-57-53-68(54-58-72)74(65-47-39-61(40-48-65)29-21-15-11-7-3)66-49-41-62(42-50-66)30-22-16-12-8-4;1-5-9-13-18-24-54-28-40-60(41-29-54)67(61-42-30-55(31-43-61)25-19-14-10-6-2)64-48-36-58(37-49-64)66(52-22-17-23-53-66)59-38-50-65(51-39-59)68(62-44-32-56(33-45-62)26-20-15-11-7-3)63-46-34-57(35-47-63)27-21-16-12-8-4/h17-18,23-26,31-58H,5-16,19-22,27-30H2,1-4H3;28-51H,5-27,52-53H2,1-4H3. The highest BCUT2D eigenvalue weighted by molar-refractivity contribution is 7.19. The molecule has 0 aromatic heterocycles. The molecule has 0 amide bonds. The lowest BCUT2D eigenvalue weighted by atomic mass is 9.65. The van der Waals surface area contributed by atoms with E-state index in [1.807, 2.05) is 0 Å². The first-order chi connectivity index (χ1) is 70.6. The van der Waals surface area contributed by atoms with Gasteiger partial charge < -0.3 is 19.6 Å². The van der Waals surface area contributed by atoms with E-state index in [2.05, 4.69) is 427 Å². The Hall–Kier alpha value is -11.5. The summed E-state index contributed by atoms with van der Waals surface area (Å²) in [6.45, 7) is 18.3. The highest BCUT2D eigenvalue weighted by Gasteiger charge is 2.42. The van der Waals surface area contributed by atoms with Crippen LogP contribution in [0.15, 0.2) is 352 Å². The third kappa shape index (κ3) is 30.3. The van der Waals surface area contributed by atoms with Crippen molar-refractivity contribution in [3.8, 4) is 0 Å². The molecule has 0 N–H and O–H groups in total. The number of nitrogens with zero attached hydrogens (tertiary/aromatic N) is 4. The van der Waals surface area contributed by atoms with E-state index in [-0.39, 0.29) is 5.41 Å². The molecule has 0 unspecified atom stereocenters. The molecule has 1 aliphatic rings. The van der Waals surface area contributed by atoms with Gasteiger partial charge in [-0.15, -0.1) is 0 Å². The average molecular weight is 1920 g/mol. The van der Waals surface area contributed by atoms with E-state index in [1.54, 1.807) is 0 Å². The number of aryl methyl sites for hydroxylation is 8. The number of hydrogen-bond acceptors (Lipinski definition) is 4. The van der Waals surface area contributed by atoms with Crippen molar-refractivity contribution >= 4 is 97.1 Å². The summed E-state index contributed by atoms with van der Waals surface area (Å²) in [5.41, 5.74) is 28.7. The van der Waals surface area contributed by atoms with Gasteiger partial charge in [0, 0.05) is 73.7 Å². The molecule has 748 valence electrons. The molecule has 14 aromatic carbocycles. The summed E-state index contributed by atoms with van der Waals surface area (Å²) in [7, 11) is -2.88. The van der Waals surface area contributed by atoms with Gasteiger partial charge >= 0.3 is 0 Å². The second kappa shape index (κ2) is 58.4. The number of benzene rings is 14. The third-order valence-corrected chi connectivity index (χ3v) is 35.5. The van der Waals surface area contributed by atoms with Crippen LogP contribution in [0.2, 0.25) is 0 Å². The van der Waals surface area contributed by atoms with E-state index in [0.717, 1.165) is 51.4 Å². The van der Waals surface area contributed by atoms with Gasteiger partial charge in [-0.25, -0.2) is 0 Å². The number of unbranched alkanes of at least 4 members (excludes halogenated alkanes) is 24. The van der Waals surface area contributed by atoms with Gasteiger partial charge in [0.2, 0.25) is 0 Å². The summed E-state index contributed by atoms with van der Waals surface area (Å²) in [6.07, 6.45) is 56.5. The fraction of sp³-hybridized carbons (Fsp3) is 0.391. The second-order valence-corrected chi connectivity index (χ2v) is 45.3. The Labute approximate surface area is 867 Å². The van der Waals surface area contributed by atoms with E-state index in [0.29, 0.717) is 0 Å². The van der Waals surface area contributed by atoms with Crippen LogP contribution in [0, 0.1) is 0 Å². The van der Waals surface area contributed by atoms with Crippen molar-refractivity contribution in [2.45, 2.75) is 350 Å². The van der Waals surface area contributed by atoms with Gasteiger partial charge in [-0.05, 0) is 338 Å². The summed E-state index contributed by atoms with van der Waals surface area (Å²) < 4.78 is 0. The maximum absolute atomic E-state index is 2.88. The molecule has 5 heteroatoms. The van der Waals surface area contributed by atoms with Crippen molar-refractivity contribution in [1.82, 2.24) is 0 Å². The normalized spacial score (nSPS) is 12.4. The Bertz CT molecular complexity index is 5250. The first-order valence-electron chi connectivity index (χ1n) is 57.1. The molecule has 143 heavy (non-hydrogen) atoms. The third-order valence-electron chi connectivity index (χ3n) is 30.7. The zero-order valence-corrected chi connectivity index (χ0v) is 90.1. The largest absolute Gasteiger partial charge is 0.311 e. The summed E-state index contributed by atoms with van der Waals surface area (Å²) in [6, 6.07) is 137. The fourth-order valence-electron chi connectivity index (χ4n) is 22.2. The molecule has 1 aliphatic carbocycles. The van der Waals surface area contributed by atoms with Crippen LogP contribution in [-0.2, 0) is 56.8 Å². The van der Waals surface area contributed by atoms with E-state index in [9.17, 15) is 0 Å². The molecular weight excluding hydrogens is 1740 g/mol. The second-order valence-electron chi connectivity index (χ2n) is 41.5. The molecule has 0 atom stereocenters. The molecule has 0 saturated heterocycles. The monoisotopic (exact) mass is 1910 g/mol. The van der Waals surface area contributed by atoms with Crippen LogP contribution in [0.3, 0.4) is 0 Å². The number of hydrogen-bond donors (Lipinski definition) is 0. The smallest absolute Gasteiger partial charge is 0.179 e. The minimum absolute atomic E-state index is 0.0112. The lowest BCUT2D eigenvalue weighted by Crippen LogP contribution is -2.74. The van der Waals surface area contributed by atoms with Crippen LogP contribution in [0.5, 0.6) is 0 Å². The quantitative estimate of drug-likeness (QED) is 0.0214. The van der Waals surface area contributed by atoms with Gasteiger partial charge in [-0.1, -0.05) is 435 Å². The van der Waals surface area contributed by atoms with Crippen molar-refractivity contribution < 1.29 is 0 Å². The Morgan fingerprint density at radius 2 is 0.315 bits per heavy atom. The molecule has 14 aromatic rings. The number of rotatable bonds is 58. The molecule has 1 saturated carbocycles. The predicted octanol–water partition coefficient (Wildman–Crippen LogP) is 38.9. The van der Waals surface area contributed by atoms with Crippen molar-refractivity contribution in [2.24, 2.45) is 0 Å². The highest BCUT2D eigenvalue weighted by atomic mass is 28.3. The van der Waals surface area contributed by atoms with Gasteiger partial charge in [-0.2, -0.15) is 0 Å². The predicted molar refractivity (Wildman–Crippen MR) is 628 cm³/mol. The van der Waals surface area contributed by atoms with Gasteiger partial charge in [0.1, 0.15) is 0 Å². The Morgan fingerprint density at radius 3 is 0.483 bits per heavy atom. The van der Waals surface area contributed by atoms with Gasteiger partial charge in [-0.3, -0.25) is 0 Å². The van der Waals surface area contributed by atoms with E-state index < -0.39 is 8.07 Å². The minimum atomic E-state index is -2.88. The molecule has 0 spiro atoms. The van der Waals surface area contributed by atoms with Crippen LogP contribution < -0.4 is 40.3 Å². The van der Waals surface area contributed by atoms with E-state index >= 15 is 0 Å². The summed E-state index contributed by atoms with van der Waals surface area (Å²) in [4.78, 5) is 9.86. The minimum Gasteiger partial charge on any atom is -0.311 e. The molecular formula is C138H172N4Si. The fourth-order valence-corrected chi connectivity index (χ4v) is 26.9. The lowest BCUT2D eigenvalue weighted by molar-refractivity contribution is 0.346. The molecule has 0 aliphatic heterocycles. The zero-order chi connectivity index (χ0) is 99.2. The maximum Gasteiger partial charge on any atom is 0.179 e. The maximum atomic E-state index is 2.47. The summed E-state index contributed by atoms with van der Waals surface area (Å²) >= 11 is 0. The zero-order valence-electron chi connectivity index (χ0n) is 89.1. The van der Waals surface area contributed by atoms with Crippen LogP contribution >= 0.6 is 0 Å². The molecule has 0 radical (unpaired) electrons. The molecule has 4 nitrogen and oxygen atoms in total. The molecule has 0 heterocycles. The average Bonchev–Trinajstić information content (AvgIpc) is 0.731. The Balaban J connectivity index is 0.000000228. The topological polar surface area (TPSA) is 13.0 Å². The Morgan fingerprint density at radius 1 is 0.161 bits per heavy atom. The van der Waals surface area contributed by atoms with Gasteiger partial charge in [0.05, 0.1) is 0 Å². The molecule has 15 rings (SSSR count). The van der Waals surface area contributed by atoms with Crippen LogP contribution in [-0.4, -0.2) is 8.07 Å².